The lowest BCUT2D eigenvalue weighted by molar-refractivity contribution is -0.120. The summed E-state index contributed by atoms with van der Waals surface area (Å²) in [4.78, 5) is 11.3. The zero-order valence-corrected chi connectivity index (χ0v) is 11.6. The summed E-state index contributed by atoms with van der Waals surface area (Å²) < 4.78 is 29.3. The van der Waals surface area contributed by atoms with E-state index in [1.807, 2.05) is 6.92 Å². The van der Waals surface area contributed by atoms with Crippen molar-refractivity contribution in [1.29, 1.82) is 0 Å². The highest BCUT2D eigenvalue weighted by atomic mass is 32.2. The number of furan rings is 1. The average Bonchev–Trinajstić information content (AvgIpc) is 2.82. The lowest BCUT2D eigenvalue weighted by atomic mass is 10.4. The number of rotatable bonds is 9. The Morgan fingerprint density at radius 3 is 2.84 bits per heavy atom. The zero-order valence-electron chi connectivity index (χ0n) is 10.7. The van der Waals surface area contributed by atoms with E-state index in [2.05, 4.69) is 10.6 Å². The molecule has 0 spiro atoms. The van der Waals surface area contributed by atoms with Crippen LogP contribution in [0.5, 0.6) is 0 Å². The van der Waals surface area contributed by atoms with Gasteiger partial charge in [0.05, 0.1) is 18.8 Å². The molecule has 1 amide bonds. The highest BCUT2D eigenvalue weighted by molar-refractivity contribution is 7.98. The van der Waals surface area contributed by atoms with Gasteiger partial charge < -0.3 is 15.1 Å². The first-order valence-corrected chi connectivity index (χ1v) is 7.11. The van der Waals surface area contributed by atoms with Gasteiger partial charge in [0.1, 0.15) is 11.5 Å². The molecule has 0 bridgehead atoms. The van der Waals surface area contributed by atoms with E-state index in [4.69, 9.17) is 4.42 Å². The van der Waals surface area contributed by atoms with Crippen molar-refractivity contribution in [3.63, 3.8) is 0 Å². The van der Waals surface area contributed by atoms with Crippen LogP contribution in [0.2, 0.25) is 0 Å². The van der Waals surface area contributed by atoms with Crippen molar-refractivity contribution in [2.45, 2.75) is 31.4 Å². The Kier molecular flexibility index (Phi) is 7.50. The second-order valence-corrected chi connectivity index (χ2v) is 4.87. The monoisotopic (exact) mass is 292 g/mol. The van der Waals surface area contributed by atoms with Gasteiger partial charge in [-0.05, 0) is 18.6 Å². The van der Waals surface area contributed by atoms with Crippen molar-refractivity contribution in [2.24, 2.45) is 0 Å². The Hall–Kier alpha value is -1.08. The molecule has 7 heteroatoms. The Balaban J connectivity index is 2.21. The number of amides is 1. The summed E-state index contributed by atoms with van der Waals surface area (Å²) in [5.41, 5.74) is 0. The first-order valence-electron chi connectivity index (χ1n) is 6.06. The number of nitrogens with one attached hydrogen (secondary N) is 2. The van der Waals surface area contributed by atoms with Crippen molar-refractivity contribution in [3.8, 4) is 0 Å². The number of alkyl halides is 2. The van der Waals surface area contributed by atoms with Crippen LogP contribution in [0.25, 0.3) is 0 Å². The minimum atomic E-state index is -2.39. The van der Waals surface area contributed by atoms with E-state index in [-0.39, 0.29) is 18.2 Å². The second kappa shape index (κ2) is 8.92. The summed E-state index contributed by atoms with van der Waals surface area (Å²) >= 11 is 0.524. The summed E-state index contributed by atoms with van der Waals surface area (Å²) in [6, 6.07) is 3.39. The van der Waals surface area contributed by atoms with Gasteiger partial charge in [0.15, 0.2) is 0 Å². The fourth-order valence-corrected chi connectivity index (χ4v) is 1.81. The van der Waals surface area contributed by atoms with E-state index >= 15 is 0 Å². The Bertz CT molecular complexity index is 386. The van der Waals surface area contributed by atoms with E-state index in [0.29, 0.717) is 36.4 Å². The molecule has 1 heterocycles. The highest BCUT2D eigenvalue weighted by Crippen LogP contribution is 2.21. The molecule has 4 nitrogen and oxygen atoms in total. The van der Waals surface area contributed by atoms with E-state index in [1.165, 1.54) is 0 Å². The van der Waals surface area contributed by atoms with E-state index in [9.17, 15) is 13.6 Å². The summed E-state index contributed by atoms with van der Waals surface area (Å²) in [5.74, 6) is -1.17. The molecule has 0 aliphatic carbocycles. The van der Waals surface area contributed by atoms with Crippen molar-refractivity contribution in [3.05, 3.63) is 23.7 Å². The van der Waals surface area contributed by atoms with E-state index in [1.54, 1.807) is 12.1 Å². The first-order chi connectivity index (χ1) is 9.11. The van der Waals surface area contributed by atoms with Gasteiger partial charge in [-0.15, -0.1) is 0 Å². The smallest absolute Gasteiger partial charge is 0.284 e. The third kappa shape index (κ3) is 7.17. The number of halogens is 2. The van der Waals surface area contributed by atoms with Crippen LogP contribution in [0.1, 0.15) is 24.9 Å². The Morgan fingerprint density at radius 1 is 1.42 bits per heavy atom. The molecule has 0 unspecified atom stereocenters. The van der Waals surface area contributed by atoms with Crippen molar-refractivity contribution >= 4 is 17.7 Å². The van der Waals surface area contributed by atoms with Crippen LogP contribution < -0.4 is 10.6 Å². The maximum Gasteiger partial charge on any atom is 0.284 e. The van der Waals surface area contributed by atoms with E-state index in [0.717, 1.165) is 6.42 Å². The maximum atomic E-state index is 12.0. The van der Waals surface area contributed by atoms with Crippen molar-refractivity contribution < 1.29 is 18.0 Å². The van der Waals surface area contributed by atoms with Gasteiger partial charge in [-0.2, -0.15) is 8.78 Å². The molecule has 19 heavy (non-hydrogen) atoms. The molecule has 1 rings (SSSR count). The van der Waals surface area contributed by atoms with Crippen LogP contribution in [-0.2, 0) is 17.1 Å². The van der Waals surface area contributed by atoms with Gasteiger partial charge in [-0.25, -0.2) is 0 Å². The van der Waals surface area contributed by atoms with E-state index < -0.39 is 5.76 Å². The molecular formula is C12H18F2N2O2S. The van der Waals surface area contributed by atoms with Crippen molar-refractivity contribution in [2.75, 3.05) is 13.1 Å². The Labute approximate surface area is 115 Å². The number of carbonyl (C=O) groups excluding carboxylic acids is 1. The summed E-state index contributed by atoms with van der Waals surface area (Å²) in [7, 11) is 0. The van der Waals surface area contributed by atoms with Crippen LogP contribution in [0, 0.1) is 0 Å². The molecule has 0 aromatic carbocycles. The molecule has 0 fully saturated rings. The summed E-state index contributed by atoms with van der Waals surface area (Å²) in [6.07, 6.45) is 0.898. The number of hydrogen-bond donors (Lipinski definition) is 2. The van der Waals surface area contributed by atoms with Gasteiger partial charge in [-0.1, -0.05) is 18.7 Å². The predicted molar refractivity (Wildman–Crippen MR) is 71.0 cm³/mol. The highest BCUT2D eigenvalue weighted by Gasteiger charge is 2.07. The van der Waals surface area contributed by atoms with Crippen LogP contribution >= 0.6 is 11.8 Å². The SMILES string of the molecule is CCCNC(=O)CNCc1ccc(CSC(F)F)o1. The zero-order chi connectivity index (χ0) is 14.1. The molecule has 0 saturated heterocycles. The molecule has 108 valence electrons. The largest absolute Gasteiger partial charge is 0.464 e. The molecule has 0 radical (unpaired) electrons. The Morgan fingerprint density at radius 2 is 2.16 bits per heavy atom. The van der Waals surface area contributed by atoms with Crippen LogP contribution in [0.15, 0.2) is 16.5 Å². The van der Waals surface area contributed by atoms with Gasteiger partial charge in [0.2, 0.25) is 5.91 Å². The van der Waals surface area contributed by atoms with Crippen molar-refractivity contribution in [1.82, 2.24) is 10.6 Å². The van der Waals surface area contributed by atoms with Gasteiger partial charge in [0.25, 0.3) is 5.76 Å². The minimum absolute atomic E-state index is 0.0677. The predicted octanol–water partition coefficient (Wildman–Crippen LogP) is 2.35. The molecular weight excluding hydrogens is 274 g/mol. The summed E-state index contributed by atoms with van der Waals surface area (Å²) in [6.45, 7) is 3.26. The van der Waals surface area contributed by atoms with Crippen LogP contribution in [0.3, 0.4) is 0 Å². The van der Waals surface area contributed by atoms with Gasteiger partial charge in [0, 0.05) is 6.54 Å². The molecule has 0 saturated carbocycles. The quantitative estimate of drug-likeness (QED) is 0.733. The topological polar surface area (TPSA) is 54.3 Å². The maximum absolute atomic E-state index is 12.0. The molecule has 0 atom stereocenters. The standard InChI is InChI=1S/C12H18F2N2O2S/c1-2-5-16-11(17)7-15-6-9-3-4-10(18-9)8-19-12(13)14/h3-4,12,15H,2,5-8H2,1H3,(H,16,17). The third-order valence-electron chi connectivity index (χ3n) is 2.23. The fraction of sp³-hybridized carbons (Fsp3) is 0.583. The average molecular weight is 292 g/mol. The molecule has 0 aliphatic rings. The number of hydrogen-bond acceptors (Lipinski definition) is 4. The van der Waals surface area contributed by atoms with Crippen LogP contribution in [-0.4, -0.2) is 24.8 Å². The molecule has 2 N–H and O–H groups in total. The minimum Gasteiger partial charge on any atom is -0.464 e. The first kappa shape index (κ1) is 16.0. The lowest BCUT2D eigenvalue weighted by Crippen LogP contribution is -2.33. The van der Waals surface area contributed by atoms with Gasteiger partial charge >= 0.3 is 0 Å². The van der Waals surface area contributed by atoms with Gasteiger partial charge in [-0.3, -0.25) is 4.79 Å². The molecule has 0 aliphatic heterocycles. The third-order valence-corrected chi connectivity index (χ3v) is 2.93. The lowest BCUT2D eigenvalue weighted by Gasteiger charge is -2.04. The normalized spacial score (nSPS) is 10.9. The number of thioether (sulfide) groups is 1. The van der Waals surface area contributed by atoms with Crippen LogP contribution in [0.4, 0.5) is 8.78 Å². The summed E-state index contributed by atoms with van der Waals surface area (Å²) in [5, 5.41) is 5.67. The molecule has 1 aromatic rings. The number of carbonyl (C=O) groups is 1. The fourth-order valence-electron chi connectivity index (χ4n) is 1.37. The molecule has 1 aromatic heterocycles. The second-order valence-electron chi connectivity index (χ2n) is 3.89.